The Morgan fingerprint density at radius 1 is 1.14 bits per heavy atom. The Labute approximate surface area is 169 Å². The van der Waals surface area contributed by atoms with Crippen LogP contribution in [0.1, 0.15) is 11.1 Å². The highest BCUT2D eigenvalue weighted by Crippen LogP contribution is 2.18. The number of aryl methyl sites for hydroxylation is 1. The first-order valence-corrected chi connectivity index (χ1v) is 10.6. The molecule has 154 valence electrons. The molecule has 0 N–H and O–H groups in total. The van der Waals surface area contributed by atoms with Crippen LogP contribution in [-0.2, 0) is 19.7 Å². The Morgan fingerprint density at radius 2 is 1.83 bits per heavy atom. The molecule has 0 aliphatic carbocycles. The minimum absolute atomic E-state index is 0.217. The number of hydrogen-bond acceptors (Lipinski definition) is 5. The van der Waals surface area contributed by atoms with E-state index in [0.29, 0.717) is 5.56 Å². The molecule has 0 saturated carbocycles. The second-order valence-corrected chi connectivity index (χ2v) is 8.60. The average Bonchev–Trinajstić information content (AvgIpc) is 2.71. The maximum Gasteiger partial charge on any atom is 0.263 e. The molecule has 0 bridgehead atoms. The number of piperazine rings is 1. The fourth-order valence-corrected chi connectivity index (χ4v) is 4.33. The molecule has 3 rings (SSSR count). The summed E-state index contributed by atoms with van der Waals surface area (Å²) in [5, 5.41) is 3.67. The van der Waals surface area contributed by atoms with Gasteiger partial charge in [0.1, 0.15) is 5.82 Å². The average molecular weight is 419 g/mol. The molecule has 0 spiro atoms. The lowest BCUT2D eigenvalue weighted by molar-refractivity contribution is -0.137. The number of hydrogen-bond donors (Lipinski definition) is 0. The summed E-state index contributed by atoms with van der Waals surface area (Å²) in [5.74, 6) is -0.669. The van der Waals surface area contributed by atoms with Crippen molar-refractivity contribution >= 4 is 22.1 Å². The van der Waals surface area contributed by atoms with Gasteiger partial charge in [-0.25, -0.2) is 12.8 Å². The van der Waals surface area contributed by atoms with Gasteiger partial charge in [0.2, 0.25) is 10.0 Å². The van der Waals surface area contributed by atoms with Crippen LogP contribution in [0.2, 0.25) is 0 Å². The van der Waals surface area contributed by atoms with E-state index in [1.807, 2.05) is 6.92 Å². The fraction of sp³-hybridized carbons (Fsp3) is 0.300. The van der Waals surface area contributed by atoms with Crippen molar-refractivity contribution in [3.05, 3.63) is 65.5 Å². The van der Waals surface area contributed by atoms with E-state index in [-0.39, 0.29) is 49.4 Å². The smallest absolute Gasteiger partial charge is 0.263 e. The molecule has 1 aliphatic rings. The lowest BCUT2D eigenvalue weighted by Crippen LogP contribution is -2.51. The molecule has 7 nitrogen and oxygen atoms in total. The van der Waals surface area contributed by atoms with Gasteiger partial charge in [0.05, 0.1) is 11.1 Å². The summed E-state index contributed by atoms with van der Waals surface area (Å²) in [4.78, 5) is 19.0. The second-order valence-electron chi connectivity index (χ2n) is 6.66. The van der Waals surface area contributed by atoms with E-state index in [1.54, 1.807) is 41.3 Å². The first-order valence-electron chi connectivity index (χ1n) is 9.12. The van der Waals surface area contributed by atoms with Crippen molar-refractivity contribution in [2.75, 3.05) is 32.8 Å². The van der Waals surface area contributed by atoms with E-state index < -0.39 is 10.0 Å². The lowest BCUT2D eigenvalue weighted by Gasteiger charge is -2.33. The fourth-order valence-electron chi connectivity index (χ4n) is 2.91. The summed E-state index contributed by atoms with van der Waals surface area (Å²) in [7, 11) is -3.57. The zero-order valence-electron chi connectivity index (χ0n) is 16.0. The molecule has 1 saturated heterocycles. The number of benzene rings is 2. The highest BCUT2D eigenvalue weighted by atomic mass is 32.2. The van der Waals surface area contributed by atoms with E-state index >= 15 is 0 Å². The van der Waals surface area contributed by atoms with Crippen molar-refractivity contribution in [2.45, 2.75) is 11.8 Å². The number of carbonyl (C=O) groups is 1. The molecule has 29 heavy (non-hydrogen) atoms. The molecule has 9 heteroatoms. The van der Waals surface area contributed by atoms with Crippen LogP contribution in [0, 0.1) is 12.7 Å². The molecule has 2 aromatic carbocycles. The summed E-state index contributed by atoms with van der Waals surface area (Å²) in [6, 6.07) is 12.5. The number of carbonyl (C=O) groups excluding carboxylic acids is 1. The van der Waals surface area contributed by atoms with E-state index in [4.69, 9.17) is 4.84 Å². The minimum Gasteiger partial charge on any atom is -0.386 e. The van der Waals surface area contributed by atoms with Gasteiger partial charge in [-0.3, -0.25) is 4.79 Å². The van der Waals surface area contributed by atoms with Gasteiger partial charge in [0.25, 0.3) is 5.91 Å². The van der Waals surface area contributed by atoms with Crippen LogP contribution in [0.5, 0.6) is 0 Å². The molecule has 0 atom stereocenters. The molecule has 0 aromatic heterocycles. The van der Waals surface area contributed by atoms with Crippen molar-refractivity contribution in [1.29, 1.82) is 0 Å². The topological polar surface area (TPSA) is 79.3 Å². The van der Waals surface area contributed by atoms with Crippen molar-refractivity contribution in [3.63, 3.8) is 0 Å². The zero-order chi connectivity index (χ0) is 20.9. The summed E-state index contributed by atoms with van der Waals surface area (Å²) < 4.78 is 39.9. The van der Waals surface area contributed by atoms with Gasteiger partial charge in [0.15, 0.2) is 6.61 Å². The van der Waals surface area contributed by atoms with Crippen molar-refractivity contribution < 1.29 is 22.4 Å². The van der Waals surface area contributed by atoms with Crippen LogP contribution >= 0.6 is 0 Å². The maximum atomic E-state index is 13.1. The Bertz CT molecular complexity index is 985. The van der Waals surface area contributed by atoms with Crippen molar-refractivity contribution in [1.82, 2.24) is 9.21 Å². The normalized spacial score (nSPS) is 15.6. The molecule has 1 amide bonds. The third-order valence-electron chi connectivity index (χ3n) is 4.56. The zero-order valence-corrected chi connectivity index (χ0v) is 16.8. The van der Waals surface area contributed by atoms with Gasteiger partial charge in [-0.1, -0.05) is 35.0 Å². The standard InChI is InChI=1S/C20H22FN3O4S/c1-16-5-7-19(8-6-16)29(26,27)24-11-9-23(10-12-24)20(25)15-28-22-14-17-3-2-4-18(21)13-17/h2-8,13-14H,9-12,15H2,1H3/b22-14-. The predicted octanol–water partition coefficient (Wildman–Crippen LogP) is 2.02. The SMILES string of the molecule is Cc1ccc(S(=O)(=O)N2CCN(C(=O)CO/N=C\c3cccc(F)c3)CC2)cc1. The predicted molar refractivity (Wildman–Crippen MR) is 106 cm³/mol. The van der Waals surface area contributed by atoms with E-state index in [1.165, 1.54) is 22.7 Å². The Morgan fingerprint density at radius 3 is 2.48 bits per heavy atom. The third-order valence-corrected chi connectivity index (χ3v) is 6.48. The molecule has 0 unspecified atom stereocenters. The van der Waals surface area contributed by atoms with Gasteiger partial charge in [-0.05, 0) is 36.8 Å². The van der Waals surface area contributed by atoms with Crippen LogP contribution in [0.4, 0.5) is 4.39 Å². The van der Waals surface area contributed by atoms with Gasteiger partial charge in [0, 0.05) is 26.2 Å². The van der Waals surface area contributed by atoms with Crippen LogP contribution < -0.4 is 0 Å². The van der Waals surface area contributed by atoms with Crippen LogP contribution in [0.25, 0.3) is 0 Å². The molecular formula is C20H22FN3O4S. The summed E-state index contributed by atoms with van der Waals surface area (Å²) in [5.41, 5.74) is 1.51. The highest BCUT2D eigenvalue weighted by molar-refractivity contribution is 7.89. The molecular weight excluding hydrogens is 397 g/mol. The van der Waals surface area contributed by atoms with Gasteiger partial charge < -0.3 is 9.74 Å². The molecule has 1 fully saturated rings. The summed E-state index contributed by atoms with van der Waals surface area (Å²) in [6.45, 7) is 2.62. The van der Waals surface area contributed by atoms with Crippen LogP contribution in [0.3, 0.4) is 0 Å². The molecule has 1 heterocycles. The van der Waals surface area contributed by atoms with Crippen LogP contribution in [0.15, 0.2) is 58.6 Å². The van der Waals surface area contributed by atoms with E-state index in [2.05, 4.69) is 5.16 Å². The quantitative estimate of drug-likeness (QED) is 0.530. The minimum atomic E-state index is -3.57. The summed E-state index contributed by atoms with van der Waals surface area (Å²) >= 11 is 0. The molecule has 1 aliphatic heterocycles. The lowest BCUT2D eigenvalue weighted by atomic mass is 10.2. The molecule has 2 aromatic rings. The van der Waals surface area contributed by atoms with Crippen molar-refractivity contribution in [3.8, 4) is 0 Å². The first kappa shape index (κ1) is 20.9. The van der Waals surface area contributed by atoms with E-state index in [0.717, 1.165) is 5.56 Å². The van der Waals surface area contributed by atoms with E-state index in [9.17, 15) is 17.6 Å². The monoisotopic (exact) mass is 419 g/mol. The van der Waals surface area contributed by atoms with Gasteiger partial charge in [-0.15, -0.1) is 0 Å². The Balaban J connectivity index is 1.48. The number of sulfonamides is 1. The van der Waals surface area contributed by atoms with Crippen LogP contribution in [-0.4, -0.2) is 62.5 Å². The Kier molecular flexibility index (Phi) is 6.60. The number of oxime groups is 1. The van der Waals surface area contributed by atoms with Gasteiger partial charge in [-0.2, -0.15) is 4.31 Å². The second kappa shape index (κ2) is 9.15. The Hall–Kier alpha value is -2.78. The molecule has 0 radical (unpaired) electrons. The first-order chi connectivity index (χ1) is 13.9. The number of nitrogens with zero attached hydrogens (tertiary/aromatic N) is 3. The maximum absolute atomic E-state index is 13.1. The number of halogens is 1. The number of amides is 1. The van der Waals surface area contributed by atoms with Gasteiger partial charge >= 0.3 is 0 Å². The third kappa shape index (κ3) is 5.39. The highest BCUT2D eigenvalue weighted by Gasteiger charge is 2.30. The number of rotatable bonds is 6. The van der Waals surface area contributed by atoms with Crippen molar-refractivity contribution in [2.24, 2.45) is 5.16 Å². The largest absolute Gasteiger partial charge is 0.386 e. The summed E-state index contributed by atoms with van der Waals surface area (Å²) in [6.07, 6.45) is 1.32.